The summed E-state index contributed by atoms with van der Waals surface area (Å²) in [6.45, 7) is 0. The predicted octanol–water partition coefficient (Wildman–Crippen LogP) is 2.76. The van der Waals surface area contributed by atoms with E-state index in [2.05, 4.69) is 0 Å². The summed E-state index contributed by atoms with van der Waals surface area (Å²) in [5.74, 6) is -0.702. The van der Waals surface area contributed by atoms with Gasteiger partial charge in [0.1, 0.15) is 11.6 Å². The van der Waals surface area contributed by atoms with E-state index in [4.69, 9.17) is 5.73 Å². The number of nitrogens with two attached hydrogens (primary N) is 1. The van der Waals surface area contributed by atoms with Gasteiger partial charge in [-0.05, 0) is 24.8 Å². The largest absolute Gasteiger partial charge is 0.324 e. The molecule has 76 valence electrons. The van der Waals surface area contributed by atoms with Crippen molar-refractivity contribution in [2.45, 2.75) is 25.3 Å². The molecule has 1 aliphatic carbocycles. The zero-order valence-corrected chi connectivity index (χ0v) is 7.84. The molecule has 1 fully saturated rings. The highest BCUT2D eigenvalue weighted by Gasteiger charge is 2.27. The van der Waals surface area contributed by atoms with Gasteiger partial charge in [0, 0.05) is 17.7 Å². The fourth-order valence-electron chi connectivity index (χ4n) is 1.82. The summed E-state index contributed by atoms with van der Waals surface area (Å²) >= 11 is 0. The SMILES string of the molecule is N[C@H](c1ccc(F)cc1F)C1CCC1. The molecule has 1 nitrogen and oxygen atoms in total. The van der Waals surface area contributed by atoms with Crippen LogP contribution >= 0.6 is 0 Å². The van der Waals surface area contributed by atoms with Crippen LogP contribution in [0.2, 0.25) is 0 Å². The van der Waals surface area contributed by atoms with E-state index in [1.165, 1.54) is 18.6 Å². The summed E-state index contributed by atoms with van der Waals surface area (Å²) in [6.07, 6.45) is 3.27. The number of rotatable bonds is 2. The lowest BCUT2D eigenvalue weighted by Gasteiger charge is -2.31. The summed E-state index contributed by atoms with van der Waals surface area (Å²) in [5.41, 5.74) is 6.33. The Morgan fingerprint density at radius 1 is 1.29 bits per heavy atom. The van der Waals surface area contributed by atoms with Crippen LogP contribution in [0.3, 0.4) is 0 Å². The molecule has 2 rings (SSSR count). The Balaban J connectivity index is 2.22. The van der Waals surface area contributed by atoms with E-state index in [0.29, 0.717) is 11.5 Å². The van der Waals surface area contributed by atoms with Crippen molar-refractivity contribution < 1.29 is 8.78 Å². The van der Waals surface area contributed by atoms with E-state index < -0.39 is 11.6 Å². The van der Waals surface area contributed by atoms with E-state index in [1.54, 1.807) is 0 Å². The molecular weight excluding hydrogens is 184 g/mol. The van der Waals surface area contributed by atoms with E-state index in [1.807, 2.05) is 0 Å². The lowest BCUT2D eigenvalue weighted by atomic mass is 9.77. The van der Waals surface area contributed by atoms with E-state index in [0.717, 1.165) is 18.9 Å². The van der Waals surface area contributed by atoms with Gasteiger partial charge >= 0.3 is 0 Å². The third kappa shape index (κ3) is 1.64. The van der Waals surface area contributed by atoms with E-state index >= 15 is 0 Å². The molecule has 0 saturated heterocycles. The Labute approximate surface area is 81.9 Å². The summed E-state index contributed by atoms with van der Waals surface area (Å²) < 4.78 is 25.9. The maximum Gasteiger partial charge on any atom is 0.130 e. The maximum atomic E-state index is 13.3. The predicted molar refractivity (Wildman–Crippen MR) is 50.6 cm³/mol. The average Bonchev–Trinajstić information content (AvgIpc) is 2.00. The molecule has 2 N–H and O–H groups in total. The van der Waals surface area contributed by atoms with Crippen molar-refractivity contribution in [3.63, 3.8) is 0 Å². The number of halogens is 2. The molecule has 0 aromatic heterocycles. The van der Waals surface area contributed by atoms with Gasteiger partial charge in [-0.2, -0.15) is 0 Å². The first-order chi connectivity index (χ1) is 6.68. The Hall–Kier alpha value is -0.960. The Bertz CT molecular complexity index is 334. The molecular formula is C11H13F2N. The molecule has 0 amide bonds. The lowest BCUT2D eigenvalue weighted by molar-refractivity contribution is 0.260. The normalized spacial score (nSPS) is 19.1. The minimum atomic E-state index is -0.549. The highest BCUT2D eigenvalue weighted by molar-refractivity contribution is 5.22. The molecule has 1 atom stereocenters. The van der Waals surface area contributed by atoms with Crippen molar-refractivity contribution >= 4 is 0 Å². The van der Waals surface area contributed by atoms with Crippen LogP contribution in [0.15, 0.2) is 18.2 Å². The molecule has 1 saturated carbocycles. The second-order valence-corrected chi connectivity index (χ2v) is 3.88. The van der Waals surface area contributed by atoms with Gasteiger partial charge in [-0.1, -0.05) is 12.5 Å². The van der Waals surface area contributed by atoms with Gasteiger partial charge in [-0.3, -0.25) is 0 Å². The Morgan fingerprint density at radius 2 is 2.00 bits per heavy atom. The van der Waals surface area contributed by atoms with Crippen LogP contribution in [-0.2, 0) is 0 Å². The monoisotopic (exact) mass is 197 g/mol. The average molecular weight is 197 g/mol. The molecule has 0 bridgehead atoms. The minimum absolute atomic E-state index is 0.274. The second kappa shape index (κ2) is 3.65. The third-order valence-corrected chi connectivity index (χ3v) is 2.98. The van der Waals surface area contributed by atoms with E-state index in [9.17, 15) is 8.78 Å². The summed E-state index contributed by atoms with van der Waals surface area (Å²) in [6, 6.07) is 3.34. The molecule has 0 heterocycles. The fraction of sp³-hybridized carbons (Fsp3) is 0.455. The lowest BCUT2D eigenvalue weighted by Crippen LogP contribution is -2.27. The maximum absolute atomic E-state index is 13.3. The molecule has 0 spiro atoms. The molecule has 0 aliphatic heterocycles. The molecule has 0 unspecified atom stereocenters. The van der Waals surface area contributed by atoms with Crippen molar-refractivity contribution in [2.75, 3.05) is 0 Å². The number of hydrogen-bond acceptors (Lipinski definition) is 1. The first-order valence-corrected chi connectivity index (χ1v) is 4.89. The highest BCUT2D eigenvalue weighted by Crippen LogP contribution is 2.36. The van der Waals surface area contributed by atoms with Gasteiger partial charge in [0.2, 0.25) is 0 Å². The van der Waals surface area contributed by atoms with Crippen molar-refractivity contribution in [1.82, 2.24) is 0 Å². The number of benzene rings is 1. The first kappa shape index (κ1) is 9.59. The molecule has 14 heavy (non-hydrogen) atoms. The molecule has 1 aromatic carbocycles. The summed E-state index contributed by atoms with van der Waals surface area (Å²) in [7, 11) is 0. The molecule has 3 heteroatoms. The summed E-state index contributed by atoms with van der Waals surface area (Å²) in [4.78, 5) is 0. The fourth-order valence-corrected chi connectivity index (χ4v) is 1.82. The van der Waals surface area contributed by atoms with Gasteiger partial charge in [-0.25, -0.2) is 8.78 Å². The van der Waals surface area contributed by atoms with Crippen LogP contribution in [0.4, 0.5) is 8.78 Å². The van der Waals surface area contributed by atoms with Gasteiger partial charge in [-0.15, -0.1) is 0 Å². The van der Waals surface area contributed by atoms with Crippen LogP contribution < -0.4 is 5.73 Å². The van der Waals surface area contributed by atoms with Crippen LogP contribution in [0.25, 0.3) is 0 Å². The van der Waals surface area contributed by atoms with Gasteiger partial charge < -0.3 is 5.73 Å². The van der Waals surface area contributed by atoms with Crippen LogP contribution in [0.1, 0.15) is 30.9 Å². The second-order valence-electron chi connectivity index (χ2n) is 3.88. The zero-order valence-electron chi connectivity index (χ0n) is 7.84. The first-order valence-electron chi connectivity index (χ1n) is 4.89. The molecule has 0 radical (unpaired) electrons. The Morgan fingerprint density at radius 3 is 2.50 bits per heavy atom. The number of hydrogen-bond donors (Lipinski definition) is 1. The van der Waals surface area contributed by atoms with Crippen molar-refractivity contribution in [2.24, 2.45) is 11.7 Å². The zero-order chi connectivity index (χ0) is 10.1. The van der Waals surface area contributed by atoms with Gasteiger partial charge in [0.05, 0.1) is 0 Å². The smallest absolute Gasteiger partial charge is 0.130 e. The molecule has 1 aromatic rings. The van der Waals surface area contributed by atoms with Crippen LogP contribution in [0, 0.1) is 17.6 Å². The van der Waals surface area contributed by atoms with Crippen molar-refractivity contribution in [3.05, 3.63) is 35.4 Å². The quantitative estimate of drug-likeness (QED) is 0.775. The van der Waals surface area contributed by atoms with Gasteiger partial charge in [0.15, 0.2) is 0 Å². The Kier molecular flexibility index (Phi) is 2.50. The topological polar surface area (TPSA) is 26.0 Å². The van der Waals surface area contributed by atoms with Gasteiger partial charge in [0.25, 0.3) is 0 Å². The van der Waals surface area contributed by atoms with Crippen LogP contribution in [0.5, 0.6) is 0 Å². The van der Waals surface area contributed by atoms with E-state index in [-0.39, 0.29) is 6.04 Å². The van der Waals surface area contributed by atoms with Crippen LogP contribution in [-0.4, -0.2) is 0 Å². The summed E-state index contributed by atoms with van der Waals surface area (Å²) in [5, 5.41) is 0. The van der Waals surface area contributed by atoms with Crippen molar-refractivity contribution in [1.29, 1.82) is 0 Å². The minimum Gasteiger partial charge on any atom is -0.324 e. The van der Waals surface area contributed by atoms with Crippen molar-refractivity contribution in [3.8, 4) is 0 Å². The molecule has 1 aliphatic rings. The highest BCUT2D eigenvalue weighted by atomic mass is 19.1. The third-order valence-electron chi connectivity index (χ3n) is 2.98. The standard InChI is InChI=1S/C11H13F2N/c12-8-4-5-9(10(13)6-8)11(14)7-2-1-3-7/h4-7,11H,1-3,14H2/t11-/m0/s1.